The summed E-state index contributed by atoms with van der Waals surface area (Å²) in [5.41, 5.74) is 1.29. The number of hydrogen-bond donors (Lipinski definition) is 1. The van der Waals surface area contributed by atoms with Crippen molar-refractivity contribution >= 4 is 5.97 Å². The topological polar surface area (TPSA) is 77.2 Å². The number of aromatic nitrogens is 3. The molecule has 0 bridgehead atoms. The highest BCUT2D eigenvalue weighted by Crippen LogP contribution is 2.34. The van der Waals surface area contributed by atoms with Crippen LogP contribution in [0.3, 0.4) is 0 Å². The van der Waals surface area contributed by atoms with Gasteiger partial charge in [0.05, 0.1) is 5.69 Å². The van der Waals surface area contributed by atoms with Crippen LogP contribution in [-0.4, -0.2) is 38.6 Å². The van der Waals surface area contributed by atoms with Crippen molar-refractivity contribution in [3.63, 3.8) is 0 Å². The van der Waals surface area contributed by atoms with E-state index in [0.29, 0.717) is 16.8 Å². The lowest BCUT2D eigenvalue weighted by Crippen LogP contribution is -2.27. The zero-order valence-electron chi connectivity index (χ0n) is 13.1. The molecular weight excluding hydrogens is 351 g/mol. The zero-order valence-corrected chi connectivity index (χ0v) is 13.1. The summed E-state index contributed by atoms with van der Waals surface area (Å²) in [7, 11) is 0. The van der Waals surface area contributed by atoms with Gasteiger partial charge in [0.1, 0.15) is 12.1 Å². The third-order valence-corrected chi connectivity index (χ3v) is 3.41. The summed E-state index contributed by atoms with van der Waals surface area (Å²) >= 11 is 0. The molecule has 26 heavy (non-hydrogen) atoms. The second-order valence-corrected chi connectivity index (χ2v) is 5.24. The quantitative estimate of drug-likeness (QED) is 0.724. The van der Waals surface area contributed by atoms with E-state index in [1.807, 2.05) is 0 Å². The lowest BCUT2D eigenvalue weighted by molar-refractivity contribution is -0.186. The Balaban J connectivity index is 1.99. The summed E-state index contributed by atoms with van der Waals surface area (Å²) < 4.78 is 44.7. The Kier molecular flexibility index (Phi) is 4.61. The predicted molar refractivity (Wildman–Crippen MR) is 85.3 cm³/mol. The van der Waals surface area contributed by atoms with E-state index in [2.05, 4.69) is 14.8 Å². The Labute approximate surface area is 145 Å². The molecule has 1 heterocycles. The standard InChI is InChI=1S/C17H12F3N3O3/c18-9-17(19,20)26-14-7-2-1-6-13(14)11-4-3-5-12(8-11)23-10-21-15(22-23)16(24)25/h1-8,10H,9H2,(H,24,25). The maximum absolute atomic E-state index is 13.3. The van der Waals surface area contributed by atoms with Crippen molar-refractivity contribution in [2.75, 3.05) is 6.67 Å². The third kappa shape index (κ3) is 3.66. The largest absolute Gasteiger partial charge is 0.475 e. The predicted octanol–water partition coefficient (Wildman–Crippen LogP) is 3.57. The van der Waals surface area contributed by atoms with E-state index in [1.54, 1.807) is 36.4 Å². The van der Waals surface area contributed by atoms with Crippen molar-refractivity contribution in [2.24, 2.45) is 0 Å². The fourth-order valence-corrected chi connectivity index (χ4v) is 2.28. The maximum atomic E-state index is 13.3. The van der Waals surface area contributed by atoms with E-state index in [4.69, 9.17) is 5.11 Å². The number of carboxylic acid groups (broad SMARTS) is 1. The number of aromatic carboxylic acids is 1. The molecule has 1 N–H and O–H groups in total. The van der Waals surface area contributed by atoms with Crippen molar-refractivity contribution < 1.29 is 27.8 Å². The average Bonchev–Trinajstić information content (AvgIpc) is 3.12. The smallest absolute Gasteiger partial charge is 0.427 e. The van der Waals surface area contributed by atoms with Crippen LogP contribution in [0, 0.1) is 0 Å². The molecule has 0 aliphatic heterocycles. The molecule has 0 fully saturated rings. The normalized spacial score (nSPS) is 11.3. The summed E-state index contributed by atoms with van der Waals surface area (Å²) in [4.78, 5) is 14.5. The molecule has 0 atom stereocenters. The Morgan fingerprint density at radius 1 is 1.19 bits per heavy atom. The van der Waals surface area contributed by atoms with Crippen LogP contribution in [0.25, 0.3) is 16.8 Å². The summed E-state index contributed by atoms with van der Waals surface area (Å²) in [6.07, 6.45) is -2.71. The number of rotatable bonds is 6. The minimum Gasteiger partial charge on any atom is -0.475 e. The lowest BCUT2D eigenvalue weighted by atomic mass is 10.0. The second kappa shape index (κ2) is 6.87. The molecule has 134 valence electrons. The van der Waals surface area contributed by atoms with E-state index in [0.717, 1.165) is 0 Å². The molecule has 0 unspecified atom stereocenters. The molecule has 0 spiro atoms. The Morgan fingerprint density at radius 3 is 2.65 bits per heavy atom. The SMILES string of the molecule is O=C(O)c1ncn(-c2cccc(-c3ccccc3OC(F)(F)CF)c2)n1. The first-order valence-electron chi connectivity index (χ1n) is 7.37. The number of halogens is 3. The van der Waals surface area contributed by atoms with Crippen molar-refractivity contribution in [1.29, 1.82) is 0 Å². The molecule has 9 heteroatoms. The molecule has 0 aliphatic rings. The molecule has 1 aromatic heterocycles. The Morgan fingerprint density at radius 2 is 1.96 bits per heavy atom. The minimum absolute atomic E-state index is 0.183. The number of ether oxygens (including phenoxy) is 1. The van der Waals surface area contributed by atoms with Gasteiger partial charge in [0.25, 0.3) is 5.82 Å². The number of hydrogen-bond acceptors (Lipinski definition) is 4. The van der Waals surface area contributed by atoms with Gasteiger partial charge >= 0.3 is 12.1 Å². The minimum atomic E-state index is -3.93. The van der Waals surface area contributed by atoms with Crippen molar-refractivity contribution in [3.8, 4) is 22.6 Å². The summed E-state index contributed by atoms with van der Waals surface area (Å²) in [5, 5.41) is 12.7. The van der Waals surface area contributed by atoms with Gasteiger partial charge in [0.2, 0.25) is 0 Å². The number of benzene rings is 2. The van der Waals surface area contributed by atoms with Gasteiger partial charge < -0.3 is 9.84 Å². The first-order chi connectivity index (χ1) is 12.4. The highest BCUT2D eigenvalue weighted by molar-refractivity contribution is 5.82. The lowest BCUT2D eigenvalue weighted by Gasteiger charge is -2.17. The summed E-state index contributed by atoms with van der Waals surface area (Å²) in [6.45, 7) is -1.95. The van der Waals surface area contributed by atoms with Gasteiger partial charge in [-0.05, 0) is 23.8 Å². The molecule has 0 amide bonds. The average molecular weight is 363 g/mol. The van der Waals surface area contributed by atoms with E-state index in [9.17, 15) is 18.0 Å². The van der Waals surface area contributed by atoms with Crippen LogP contribution >= 0.6 is 0 Å². The molecule has 0 saturated carbocycles. The number of carbonyl (C=O) groups is 1. The molecule has 3 rings (SSSR count). The van der Waals surface area contributed by atoms with Crippen molar-refractivity contribution in [3.05, 3.63) is 60.7 Å². The van der Waals surface area contributed by atoms with Crippen LogP contribution in [0.15, 0.2) is 54.9 Å². The molecule has 0 radical (unpaired) electrons. The van der Waals surface area contributed by atoms with Gasteiger partial charge in [-0.15, -0.1) is 5.10 Å². The van der Waals surface area contributed by atoms with Crippen LogP contribution in [-0.2, 0) is 0 Å². The fraction of sp³-hybridized carbons (Fsp3) is 0.118. The van der Waals surface area contributed by atoms with Gasteiger partial charge in [-0.25, -0.2) is 18.9 Å². The molecular formula is C17H12F3N3O3. The number of alkyl halides is 3. The van der Waals surface area contributed by atoms with E-state index >= 15 is 0 Å². The van der Waals surface area contributed by atoms with E-state index in [-0.39, 0.29) is 11.6 Å². The van der Waals surface area contributed by atoms with Crippen LogP contribution in [0.1, 0.15) is 10.6 Å². The molecule has 3 aromatic rings. The molecule has 0 aliphatic carbocycles. The van der Waals surface area contributed by atoms with Crippen LogP contribution in [0.2, 0.25) is 0 Å². The van der Waals surface area contributed by atoms with E-state index < -0.39 is 18.8 Å². The first kappa shape index (κ1) is 17.5. The summed E-state index contributed by atoms with van der Waals surface area (Å²) in [5.74, 6) is -1.83. The Hall–Kier alpha value is -3.36. The van der Waals surface area contributed by atoms with Gasteiger partial charge in [-0.1, -0.05) is 30.3 Å². The Bertz CT molecular complexity index is 944. The third-order valence-electron chi connectivity index (χ3n) is 3.41. The monoisotopic (exact) mass is 363 g/mol. The highest BCUT2D eigenvalue weighted by atomic mass is 19.3. The van der Waals surface area contributed by atoms with Gasteiger partial charge in [-0.2, -0.15) is 8.78 Å². The fourth-order valence-electron chi connectivity index (χ4n) is 2.28. The van der Waals surface area contributed by atoms with E-state index in [1.165, 1.54) is 23.1 Å². The van der Waals surface area contributed by atoms with Gasteiger partial charge in [0, 0.05) is 5.56 Å². The molecule has 2 aromatic carbocycles. The van der Waals surface area contributed by atoms with Crippen molar-refractivity contribution in [1.82, 2.24) is 14.8 Å². The van der Waals surface area contributed by atoms with Gasteiger partial charge in [0.15, 0.2) is 6.67 Å². The van der Waals surface area contributed by atoms with Crippen LogP contribution in [0.4, 0.5) is 13.2 Å². The number of nitrogens with zero attached hydrogens (tertiary/aromatic N) is 3. The zero-order chi connectivity index (χ0) is 18.7. The molecule has 6 nitrogen and oxygen atoms in total. The number of para-hydroxylation sites is 1. The maximum Gasteiger partial charge on any atom is 0.427 e. The number of carboxylic acids is 1. The van der Waals surface area contributed by atoms with Gasteiger partial charge in [-0.3, -0.25) is 0 Å². The molecule has 0 saturated heterocycles. The highest BCUT2D eigenvalue weighted by Gasteiger charge is 2.32. The van der Waals surface area contributed by atoms with Crippen LogP contribution < -0.4 is 4.74 Å². The first-order valence-corrected chi connectivity index (χ1v) is 7.37. The van der Waals surface area contributed by atoms with Crippen molar-refractivity contribution in [2.45, 2.75) is 6.11 Å². The van der Waals surface area contributed by atoms with Crippen LogP contribution in [0.5, 0.6) is 5.75 Å². The summed E-state index contributed by atoms with van der Waals surface area (Å²) in [6, 6.07) is 12.5. The second-order valence-electron chi connectivity index (χ2n) is 5.24.